The van der Waals surface area contributed by atoms with Gasteiger partial charge in [-0.25, -0.2) is 0 Å². The summed E-state index contributed by atoms with van der Waals surface area (Å²) in [4.78, 5) is 0. The Bertz CT molecular complexity index is 485. The summed E-state index contributed by atoms with van der Waals surface area (Å²) in [6.45, 7) is 0.905. The Hall–Kier alpha value is -0.700. The number of hydrogen-bond donors (Lipinski definition) is 0. The second-order valence-corrected chi connectivity index (χ2v) is 6.42. The Labute approximate surface area is 146 Å². The van der Waals surface area contributed by atoms with Crippen LogP contribution in [0.15, 0.2) is 30.3 Å². The van der Waals surface area contributed by atoms with Crippen molar-refractivity contribution in [3.8, 4) is 0 Å². The molecule has 128 valence electrons. The number of benzene rings is 1. The summed E-state index contributed by atoms with van der Waals surface area (Å²) in [6, 6.07) is 9.98. The van der Waals surface area contributed by atoms with E-state index in [1.807, 2.05) is 36.6 Å². The van der Waals surface area contributed by atoms with Gasteiger partial charge in [0, 0.05) is 14.2 Å². The van der Waals surface area contributed by atoms with E-state index in [1.165, 1.54) is 11.8 Å². The van der Waals surface area contributed by atoms with Gasteiger partial charge in [0.05, 0.1) is 13.2 Å². The van der Waals surface area contributed by atoms with Crippen LogP contribution in [0.3, 0.4) is 0 Å². The third kappa shape index (κ3) is 5.14. The van der Waals surface area contributed by atoms with Crippen LogP contribution in [-0.2, 0) is 30.3 Å². The van der Waals surface area contributed by atoms with Gasteiger partial charge in [-0.15, -0.1) is 0 Å². The smallest absolute Gasteiger partial charge is 0.220 e. The molecule has 1 saturated heterocycles. The second-order valence-electron chi connectivity index (χ2n) is 5.02. The molecule has 0 aromatic heterocycles. The van der Waals surface area contributed by atoms with E-state index in [1.54, 1.807) is 14.2 Å². The van der Waals surface area contributed by atoms with Crippen LogP contribution in [-0.4, -0.2) is 56.1 Å². The maximum atomic E-state index is 5.84. The summed E-state index contributed by atoms with van der Waals surface area (Å²) < 4.78 is 28.6. The van der Waals surface area contributed by atoms with Crippen molar-refractivity contribution in [2.75, 3.05) is 27.1 Å². The Morgan fingerprint density at radius 2 is 1.91 bits per heavy atom. The van der Waals surface area contributed by atoms with E-state index in [0.717, 1.165) is 5.56 Å². The van der Waals surface area contributed by atoms with Gasteiger partial charge < -0.3 is 23.7 Å². The van der Waals surface area contributed by atoms with Crippen molar-refractivity contribution >= 4 is 28.4 Å². The topological polar surface area (TPSA) is 46.2 Å². The van der Waals surface area contributed by atoms with Crippen molar-refractivity contribution in [3.63, 3.8) is 0 Å². The van der Waals surface area contributed by atoms with E-state index in [2.05, 4.69) is 0 Å². The minimum absolute atomic E-state index is 0.275. The molecule has 7 heteroatoms. The Kier molecular flexibility index (Phi) is 7.75. The first-order valence-corrected chi connectivity index (χ1v) is 8.90. The predicted molar refractivity (Wildman–Crippen MR) is 93.6 cm³/mol. The predicted octanol–water partition coefficient (Wildman–Crippen LogP) is 2.62. The molecule has 1 fully saturated rings. The van der Waals surface area contributed by atoms with Crippen molar-refractivity contribution < 1.29 is 23.7 Å². The Morgan fingerprint density at radius 1 is 1.17 bits per heavy atom. The fourth-order valence-corrected chi connectivity index (χ4v) is 2.77. The molecule has 0 N–H and O–H groups in total. The summed E-state index contributed by atoms with van der Waals surface area (Å²) in [5.41, 5.74) is 1.11. The van der Waals surface area contributed by atoms with Crippen LogP contribution in [0, 0.1) is 0 Å². The van der Waals surface area contributed by atoms with Crippen LogP contribution in [0.4, 0.5) is 0 Å². The van der Waals surface area contributed by atoms with Crippen molar-refractivity contribution in [2.45, 2.75) is 31.2 Å². The fourth-order valence-electron chi connectivity index (χ4n) is 2.45. The summed E-state index contributed by atoms with van der Waals surface area (Å²) in [5.74, 6) is 0. The average Bonchev–Trinajstić information content (AvgIpc) is 2.92. The van der Waals surface area contributed by atoms with Crippen LogP contribution >= 0.6 is 24.0 Å². The van der Waals surface area contributed by atoms with Gasteiger partial charge in [-0.2, -0.15) is 0 Å². The summed E-state index contributed by atoms with van der Waals surface area (Å²) in [5, 5.41) is 0. The molecule has 0 radical (unpaired) electrons. The lowest BCUT2D eigenvalue weighted by molar-refractivity contribution is -0.153. The first kappa shape index (κ1) is 18.6. The number of methoxy groups -OCH3 is 2. The summed E-state index contributed by atoms with van der Waals surface area (Å²) >= 11 is 6.49. The van der Waals surface area contributed by atoms with E-state index in [0.29, 0.717) is 17.6 Å². The van der Waals surface area contributed by atoms with E-state index >= 15 is 0 Å². The molecule has 4 atom stereocenters. The third-order valence-corrected chi connectivity index (χ3v) is 4.59. The molecule has 1 heterocycles. The molecule has 1 aromatic rings. The van der Waals surface area contributed by atoms with E-state index in [-0.39, 0.29) is 12.2 Å². The lowest BCUT2D eigenvalue weighted by Gasteiger charge is -2.23. The molecule has 0 unspecified atom stereocenters. The number of thioether (sulfide) groups is 1. The molecule has 0 bridgehead atoms. The first-order valence-electron chi connectivity index (χ1n) is 7.27. The first-order chi connectivity index (χ1) is 11.2. The normalized spacial score (nSPS) is 27.1. The van der Waals surface area contributed by atoms with Crippen molar-refractivity contribution in [1.82, 2.24) is 0 Å². The average molecular weight is 358 g/mol. The SMILES string of the molecule is CO[C@H]1O[C@H](COCc2ccccc2)[C@H](OC)[C@H]1OC(=S)SC. The van der Waals surface area contributed by atoms with Crippen molar-refractivity contribution in [3.05, 3.63) is 35.9 Å². The lowest BCUT2D eigenvalue weighted by atomic mass is 10.1. The minimum atomic E-state index is -0.532. The molecular formula is C16H22O5S2. The molecule has 0 saturated carbocycles. The highest BCUT2D eigenvalue weighted by molar-refractivity contribution is 8.22. The molecular weight excluding hydrogens is 336 g/mol. The summed E-state index contributed by atoms with van der Waals surface area (Å²) in [7, 11) is 3.19. The molecule has 1 aliphatic rings. The highest BCUT2D eigenvalue weighted by atomic mass is 32.2. The fraction of sp³-hybridized carbons (Fsp3) is 0.562. The molecule has 5 nitrogen and oxygen atoms in total. The Morgan fingerprint density at radius 3 is 2.52 bits per heavy atom. The van der Waals surface area contributed by atoms with Crippen LogP contribution in [0.2, 0.25) is 0 Å². The minimum Gasteiger partial charge on any atom is -0.467 e. The zero-order valence-electron chi connectivity index (χ0n) is 13.5. The molecule has 1 aromatic carbocycles. The maximum Gasteiger partial charge on any atom is 0.220 e. The van der Waals surface area contributed by atoms with Gasteiger partial charge in [0.25, 0.3) is 0 Å². The maximum absolute atomic E-state index is 5.84. The van der Waals surface area contributed by atoms with Gasteiger partial charge in [0.2, 0.25) is 4.38 Å². The molecule has 23 heavy (non-hydrogen) atoms. The summed E-state index contributed by atoms with van der Waals surface area (Å²) in [6.07, 6.45) is 0.345. The molecule has 0 aliphatic carbocycles. The Balaban J connectivity index is 1.91. The molecule has 1 aliphatic heterocycles. The van der Waals surface area contributed by atoms with Gasteiger partial charge in [-0.1, -0.05) is 42.1 Å². The highest BCUT2D eigenvalue weighted by Crippen LogP contribution is 2.28. The number of ether oxygens (including phenoxy) is 5. The zero-order chi connectivity index (χ0) is 16.7. The molecule has 0 amide bonds. The number of hydrogen-bond acceptors (Lipinski definition) is 7. The van der Waals surface area contributed by atoms with Crippen LogP contribution in [0.1, 0.15) is 5.56 Å². The zero-order valence-corrected chi connectivity index (χ0v) is 15.1. The van der Waals surface area contributed by atoms with Crippen LogP contribution in [0.25, 0.3) is 0 Å². The molecule has 0 spiro atoms. The quantitative estimate of drug-likeness (QED) is 0.694. The van der Waals surface area contributed by atoms with Crippen LogP contribution in [0.5, 0.6) is 0 Å². The number of thiocarbonyl (C=S) groups is 1. The number of rotatable bonds is 7. The van der Waals surface area contributed by atoms with Crippen LogP contribution < -0.4 is 0 Å². The van der Waals surface area contributed by atoms with E-state index in [4.69, 9.17) is 35.9 Å². The van der Waals surface area contributed by atoms with Gasteiger partial charge in [0.15, 0.2) is 12.4 Å². The third-order valence-electron chi connectivity index (χ3n) is 3.56. The van der Waals surface area contributed by atoms with E-state index < -0.39 is 12.4 Å². The standard InChI is InChI=1S/C16H22O5S2/c1-17-13-12(10-19-9-11-7-5-4-6-8-11)20-15(18-2)14(13)21-16(22)23-3/h4-8,12-15H,9-10H2,1-3H3/t12-,13+,14-,15+/m1/s1. The largest absolute Gasteiger partial charge is 0.467 e. The highest BCUT2D eigenvalue weighted by Gasteiger charge is 2.47. The molecule has 2 rings (SSSR count). The van der Waals surface area contributed by atoms with Crippen molar-refractivity contribution in [1.29, 1.82) is 0 Å². The van der Waals surface area contributed by atoms with Crippen molar-refractivity contribution in [2.24, 2.45) is 0 Å². The van der Waals surface area contributed by atoms with Gasteiger partial charge in [-0.05, 0) is 24.0 Å². The lowest BCUT2D eigenvalue weighted by Crippen LogP contribution is -2.39. The second kappa shape index (κ2) is 9.56. The van der Waals surface area contributed by atoms with Gasteiger partial charge >= 0.3 is 0 Å². The van der Waals surface area contributed by atoms with E-state index in [9.17, 15) is 0 Å². The van der Waals surface area contributed by atoms with Gasteiger partial charge in [0.1, 0.15) is 12.2 Å². The monoisotopic (exact) mass is 358 g/mol. The van der Waals surface area contributed by atoms with Gasteiger partial charge in [-0.3, -0.25) is 0 Å².